The first-order chi connectivity index (χ1) is 8.65. The minimum Gasteiger partial charge on any atom is -0.495 e. The zero-order chi connectivity index (χ0) is 13.1. The van der Waals surface area contributed by atoms with Crippen molar-refractivity contribution in [3.8, 4) is 5.75 Å². The van der Waals surface area contributed by atoms with Crippen molar-refractivity contribution in [3.05, 3.63) is 50.7 Å². The van der Waals surface area contributed by atoms with Crippen LogP contribution in [-0.2, 0) is 6.42 Å². The highest BCUT2D eigenvalue weighted by Gasteiger charge is 2.13. The number of hydrogen-bond donors (Lipinski definition) is 1. The monoisotopic (exact) mass is 281 g/mol. The van der Waals surface area contributed by atoms with E-state index in [1.807, 2.05) is 18.2 Å². The number of ether oxygens (including phenoxy) is 1. The van der Waals surface area contributed by atoms with Crippen molar-refractivity contribution in [1.29, 1.82) is 0 Å². The molecule has 1 unspecified atom stereocenters. The average molecular weight is 282 g/mol. The topological polar surface area (TPSA) is 35.2 Å². The van der Waals surface area contributed by atoms with Crippen LogP contribution in [0.1, 0.15) is 28.3 Å². The number of halogens is 1. The minimum atomic E-state index is -0.124. The van der Waals surface area contributed by atoms with Crippen molar-refractivity contribution in [2.75, 3.05) is 7.11 Å². The Morgan fingerprint density at radius 1 is 1.33 bits per heavy atom. The molecule has 2 rings (SSSR count). The Labute approximate surface area is 116 Å². The molecule has 0 aliphatic rings. The Morgan fingerprint density at radius 3 is 2.72 bits per heavy atom. The summed E-state index contributed by atoms with van der Waals surface area (Å²) < 4.78 is 5.21. The molecule has 0 spiro atoms. The number of rotatable bonds is 4. The molecular formula is C14H16ClNOS. The van der Waals surface area contributed by atoms with Gasteiger partial charge in [0.25, 0.3) is 0 Å². The van der Waals surface area contributed by atoms with Crippen molar-refractivity contribution in [2.45, 2.75) is 19.4 Å². The van der Waals surface area contributed by atoms with E-state index in [1.54, 1.807) is 18.4 Å². The van der Waals surface area contributed by atoms with Crippen molar-refractivity contribution in [3.63, 3.8) is 0 Å². The van der Waals surface area contributed by atoms with Crippen LogP contribution >= 0.6 is 22.9 Å². The third-order valence-corrected chi connectivity index (χ3v) is 4.50. The van der Waals surface area contributed by atoms with Gasteiger partial charge in [0.1, 0.15) is 5.75 Å². The van der Waals surface area contributed by atoms with Crippen LogP contribution in [0.15, 0.2) is 30.3 Å². The molecule has 0 amide bonds. The summed E-state index contributed by atoms with van der Waals surface area (Å²) in [6, 6.07) is 9.77. The minimum absolute atomic E-state index is 0.124. The Morgan fingerprint density at radius 2 is 2.11 bits per heavy atom. The number of benzene rings is 1. The van der Waals surface area contributed by atoms with Gasteiger partial charge in [-0.1, -0.05) is 24.6 Å². The van der Waals surface area contributed by atoms with Gasteiger partial charge in [-0.25, -0.2) is 0 Å². The normalized spacial score (nSPS) is 12.4. The summed E-state index contributed by atoms with van der Waals surface area (Å²) in [5.41, 5.74) is 7.28. The number of aryl methyl sites for hydroxylation is 1. The molecule has 2 nitrogen and oxygen atoms in total. The average Bonchev–Trinajstić information content (AvgIpc) is 2.87. The Hall–Kier alpha value is -1.03. The smallest absolute Gasteiger partial charge is 0.137 e. The molecular weight excluding hydrogens is 266 g/mol. The molecule has 1 aromatic carbocycles. The van der Waals surface area contributed by atoms with E-state index in [1.165, 1.54) is 4.88 Å². The van der Waals surface area contributed by atoms with Crippen LogP contribution in [-0.4, -0.2) is 7.11 Å². The molecule has 0 saturated heterocycles. The van der Waals surface area contributed by atoms with Crippen LogP contribution < -0.4 is 10.5 Å². The Balaban J connectivity index is 2.30. The second-order valence-corrected chi connectivity index (χ2v) is 5.64. The Kier molecular flexibility index (Phi) is 4.27. The standard InChI is InChI=1S/C14H16ClNOS/c1-3-10-5-7-13(18-10)14(16)9-4-6-11(15)12(8-9)17-2/h4-8,14H,3,16H2,1-2H3. The summed E-state index contributed by atoms with van der Waals surface area (Å²) in [5, 5.41) is 0.605. The van der Waals surface area contributed by atoms with E-state index in [2.05, 4.69) is 19.1 Å². The van der Waals surface area contributed by atoms with E-state index in [-0.39, 0.29) is 6.04 Å². The number of thiophene rings is 1. The fourth-order valence-electron chi connectivity index (χ4n) is 1.79. The van der Waals surface area contributed by atoms with Gasteiger partial charge < -0.3 is 10.5 Å². The second kappa shape index (κ2) is 5.74. The van der Waals surface area contributed by atoms with Gasteiger partial charge in [0, 0.05) is 9.75 Å². The summed E-state index contributed by atoms with van der Waals surface area (Å²) in [6.07, 6.45) is 1.04. The predicted molar refractivity (Wildman–Crippen MR) is 77.7 cm³/mol. The van der Waals surface area contributed by atoms with Crippen LogP contribution in [0.2, 0.25) is 5.02 Å². The van der Waals surface area contributed by atoms with Crippen LogP contribution in [0.25, 0.3) is 0 Å². The molecule has 0 aliphatic heterocycles. The highest BCUT2D eigenvalue weighted by molar-refractivity contribution is 7.12. The first-order valence-electron chi connectivity index (χ1n) is 5.83. The van der Waals surface area contributed by atoms with E-state index < -0.39 is 0 Å². The molecule has 0 fully saturated rings. The van der Waals surface area contributed by atoms with E-state index in [0.29, 0.717) is 10.8 Å². The molecule has 0 radical (unpaired) electrons. The van der Waals surface area contributed by atoms with Crippen molar-refractivity contribution >= 4 is 22.9 Å². The van der Waals surface area contributed by atoms with Crippen molar-refractivity contribution < 1.29 is 4.74 Å². The lowest BCUT2D eigenvalue weighted by Crippen LogP contribution is -2.10. The summed E-state index contributed by atoms with van der Waals surface area (Å²) >= 11 is 7.77. The lowest BCUT2D eigenvalue weighted by atomic mass is 10.1. The molecule has 96 valence electrons. The van der Waals surface area contributed by atoms with E-state index >= 15 is 0 Å². The molecule has 0 bridgehead atoms. The summed E-state index contributed by atoms with van der Waals surface area (Å²) in [7, 11) is 1.61. The van der Waals surface area contributed by atoms with Crippen molar-refractivity contribution in [2.24, 2.45) is 5.73 Å². The maximum absolute atomic E-state index is 6.27. The summed E-state index contributed by atoms with van der Waals surface area (Å²) in [5.74, 6) is 0.664. The molecule has 0 aliphatic carbocycles. The number of methoxy groups -OCH3 is 1. The molecule has 2 aromatic rings. The predicted octanol–water partition coefficient (Wildman–Crippen LogP) is 4.02. The maximum Gasteiger partial charge on any atom is 0.137 e. The number of nitrogens with two attached hydrogens (primary N) is 1. The third kappa shape index (κ3) is 2.69. The molecule has 1 heterocycles. The summed E-state index contributed by atoms with van der Waals surface area (Å²) in [4.78, 5) is 2.51. The summed E-state index contributed by atoms with van der Waals surface area (Å²) in [6.45, 7) is 2.15. The quantitative estimate of drug-likeness (QED) is 0.919. The molecule has 1 atom stereocenters. The lowest BCUT2D eigenvalue weighted by molar-refractivity contribution is 0.414. The van der Waals surface area contributed by atoms with Gasteiger partial charge in [0.05, 0.1) is 18.2 Å². The highest BCUT2D eigenvalue weighted by Crippen LogP contribution is 2.32. The van der Waals surface area contributed by atoms with E-state index in [4.69, 9.17) is 22.1 Å². The van der Waals surface area contributed by atoms with Crippen LogP contribution in [0, 0.1) is 0 Å². The van der Waals surface area contributed by atoms with Gasteiger partial charge in [-0.3, -0.25) is 0 Å². The zero-order valence-corrected chi connectivity index (χ0v) is 12.0. The first kappa shape index (κ1) is 13.4. The fraction of sp³-hybridized carbons (Fsp3) is 0.286. The molecule has 2 N–H and O–H groups in total. The zero-order valence-electron chi connectivity index (χ0n) is 10.4. The molecule has 1 aromatic heterocycles. The Bertz CT molecular complexity index is 538. The molecule has 18 heavy (non-hydrogen) atoms. The van der Waals surface area contributed by atoms with Gasteiger partial charge in [-0.05, 0) is 36.2 Å². The van der Waals surface area contributed by atoms with Crippen LogP contribution in [0.4, 0.5) is 0 Å². The third-order valence-electron chi connectivity index (χ3n) is 2.87. The van der Waals surface area contributed by atoms with Crippen molar-refractivity contribution in [1.82, 2.24) is 0 Å². The maximum atomic E-state index is 6.27. The van der Waals surface area contributed by atoms with Crippen LogP contribution in [0.5, 0.6) is 5.75 Å². The highest BCUT2D eigenvalue weighted by atomic mass is 35.5. The SMILES string of the molecule is CCc1ccc(C(N)c2ccc(Cl)c(OC)c2)s1. The van der Waals surface area contributed by atoms with Gasteiger partial charge in [-0.2, -0.15) is 0 Å². The van der Waals surface area contributed by atoms with E-state index in [0.717, 1.165) is 16.9 Å². The fourth-order valence-corrected chi connectivity index (χ4v) is 2.96. The van der Waals surface area contributed by atoms with Gasteiger partial charge >= 0.3 is 0 Å². The second-order valence-electron chi connectivity index (χ2n) is 4.03. The molecule has 0 saturated carbocycles. The lowest BCUT2D eigenvalue weighted by Gasteiger charge is -2.12. The van der Waals surface area contributed by atoms with Gasteiger partial charge in [0.2, 0.25) is 0 Å². The molecule has 4 heteroatoms. The van der Waals surface area contributed by atoms with Gasteiger partial charge in [0.15, 0.2) is 0 Å². The van der Waals surface area contributed by atoms with Crippen LogP contribution in [0.3, 0.4) is 0 Å². The van der Waals surface area contributed by atoms with Gasteiger partial charge in [-0.15, -0.1) is 11.3 Å². The number of hydrogen-bond acceptors (Lipinski definition) is 3. The largest absolute Gasteiger partial charge is 0.495 e. The first-order valence-corrected chi connectivity index (χ1v) is 7.02. The van der Waals surface area contributed by atoms with E-state index in [9.17, 15) is 0 Å².